The zero-order valence-corrected chi connectivity index (χ0v) is 7.14. The highest BCUT2D eigenvalue weighted by Crippen LogP contribution is 2.22. The fraction of sp³-hybridized carbons (Fsp3) is 0.333. The lowest BCUT2D eigenvalue weighted by Gasteiger charge is -2.09. The van der Waals surface area contributed by atoms with E-state index in [-0.39, 0.29) is 18.1 Å². The first-order valence-electron chi connectivity index (χ1n) is 4.00. The molecule has 0 spiro atoms. The Labute approximate surface area is 76.2 Å². The molecule has 1 aromatic carbocycles. The first-order chi connectivity index (χ1) is 6.13. The average molecular weight is 183 g/mol. The molecule has 1 rings (SSSR count). The first kappa shape index (κ1) is 9.83. The summed E-state index contributed by atoms with van der Waals surface area (Å²) >= 11 is 0. The summed E-state index contributed by atoms with van der Waals surface area (Å²) in [6.45, 7) is -0.144. The molecular formula is C9H13NO3. The molecule has 4 heteroatoms. The zero-order chi connectivity index (χ0) is 9.84. The molecule has 0 saturated carbocycles. The molecule has 0 aliphatic carbocycles. The average Bonchev–Trinajstić information content (AvgIpc) is 2.11. The van der Waals surface area contributed by atoms with E-state index in [1.54, 1.807) is 0 Å². The quantitative estimate of drug-likeness (QED) is 0.495. The third-order valence-corrected chi connectivity index (χ3v) is 1.78. The Morgan fingerprint density at radius 1 is 1.31 bits per heavy atom. The van der Waals surface area contributed by atoms with Gasteiger partial charge in [0.2, 0.25) is 0 Å². The van der Waals surface area contributed by atoms with Crippen LogP contribution in [0.4, 0.5) is 0 Å². The monoisotopic (exact) mass is 183 g/mol. The number of aliphatic hydroxyl groups excluding tert-OH is 1. The summed E-state index contributed by atoms with van der Waals surface area (Å²) in [5.41, 5.74) is 6.02. The van der Waals surface area contributed by atoms with Crippen LogP contribution < -0.4 is 5.73 Å². The second kappa shape index (κ2) is 4.11. The number of aliphatic hydroxyl groups is 1. The first-order valence-corrected chi connectivity index (χ1v) is 4.00. The fourth-order valence-electron chi connectivity index (χ4n) is 1.08. The molecule has 1 atom stereocenters. The molecule has 0 bridgehead atoms. The van der Waals surface area contributed by atoms with Crippen LogP contribution in [0.5, 0.6) is 11.5 Å². The van der Waals surface area contributed by atoms with Gasteiger partial charge in [0.1, 0.15) is 11.5 Å². The Balaban J connectivity index is 2.81. The molecule has 1 aromatic rings. The van der Waals surface area contributed by atoms with Crippen molar-refractivity contribution in [3.8, 4) is 11.5 Å². The number of hydrogen-bond donors (Lipinski definition) is 4. The molecule has 0 aliphatic rings. The van der Waals surface area contributed by atoms with Crippen LogP contribution in [-0.2, 0) is 6.42 Å². The molecule has 5 N–H and O–H groups in total. The summed E-state index contributed by atoms with van der Waals surface area (Å²) in [7, 11) is 0. The normalized spacial score (nSPS) is 12.8. The van der Waals surface area contributed by atoms with Gasteiger partial charge in [-0.1, -0.05) is 0 Å². The van der Waals surface area contributed by atoms with Crippen molar-refractivity contribution in [1.82, 2.24) is 0 Å². The van der Waals surface area contributed by atoms with Crippen molar-refractivity contribution < 1.29 is 15.3 Å². The van der Waals surface area contributed by atoms with Crippen LogP contribution in [0.15, 0.2) is 18.2 Å². The highest BCUT2D eigenvalue weighted by molar-refractivity contribution is 5.39. The number of hydrogen-bond acceptors (Lipinski definition) is 4. The Kier molecular flexibility index (Phi) is 3.11. The minimum absolute atomic E-state index is 0.0814. The van der Waals surface area contributed by atoms with Crippen molar-refractivity contribution in [2.75, 3.05) is 6.61 Å². The van der Waals surface area contributed by atoms with Crippen molar-refractivity contribution >= 4 is 0 Å². The maximum absolute atomic E-state index is 9.33. The summed E-state index contributed by atoms with van der Waals surface area (Å²) < 4.78 is 0. The lowest BCUT2D eigenvalue weighted by atomic mass is 10.1. The van der Waals surface area contributed by atoms with Gasteiger partial charge in [-0.05, 0) is 30.2 Å². The van der Waals surface area contributed by atoms with Crippen molar-refractivity contribution in [3.05, 3.63) is 23.8 Å². The Morgan fingerprint density at radius 3 is 2.62 bits per heavy atom. The predicted octanol–water partition coefficient (Wildman–Crippen LogP) is -0.0401. The molecule has 0 radical (unpaired) electrons. The van der Waals surface area contributed by atoms with Crippen LogP contribution in [-0.4, -0.2) is 28.0 Å². The minimum Gasteiger partial charge on any atom is -0.508 e. The molecule has 0 aromatic heterocycles. The molecular weight excluding hydrogens is 170 g/mol. The second-order valence-electron chi connectivity index (χ2n) is 2.96. The summed E-state index contributed by atoms with van der Waals surface area (Å²) in [5.74, 6) is 0.166. The van der Waals surface area contributed by atoms with Gasteiger partial charge in [-0.15, -0.1) is 0 Å². The van der Waals surface area contributed by atoms with E-state index in [4.69, 9.17) is 15.9 Å². The van der Waals surface area contributed by atoms with Gasteiger partial charge in [0.05, 0.1) is 6.61 Å². The van der Waals surface area contributed by atoms with Crippen LogP contribution in [0, 0.1) is 0 Å². The zero-order valence-electron chi connectivity index (χ0n) is 7.14. The number of aromatic hydroxyl groups is 2. The van der Waals surface area contributed by atoms with Gasteiger partial charge in [0.15, 0.2) is 0 Å². The van der Waals surface area contributed by atoms with E-state index < -0.39 is 6.04 Å². The molecule has 0 saturated heterocycles. The molecule has 1 unspecified atom stereocenters. The highest BCUT2D eigenvalue weighted by Gasteiger charge is 2.07. The van der Waals surface area contributed by atoms with Crippen LogP contribution in [0.3, 0.4) is 0 Å². The number of phenolic OH excluding ortho intramolecular Hbond substituents is 2. The summed E-state index contributed by atoms with van der Waals surface area (Å²) in [5, 5.41) is 27.1. The molecule has 0 fully saturated rings. The van der Waals surface area contributed by atoms with Gasteiger partial charge in [0, 0.05) is 6.04 Å². The van der Waals surface area contributed by atoms with Crippen LogP contribution >= 0.6 is 0 Å². The van der Waals surface area contributed by atoms with Crippen LogP contribution in [0.25, 0.3) is 0 Å². The highest BCUT2D eigenvalue weighted by atomic mass is 16.3. The van der Waals surface area contributed by atoms with Gasteiger partial charge in [-0.3, -0.25) is 0 Å². The number of nitrogens with two attached hydrogens (primary N) is 1. The predicted molar refractivity (Wildman–Crippen MR) is 48.5 cm³/mol. The minimum atomic E-state index is -0.410. The van der Waals surface area contributed by atoms with E-state index in [0.717, 1.165) is 0 Å². The van der Waals surface area contributed by atoms with Crippen LogP contribution in [0.2, 0.25) is 0 Å². The van der Waals surface area contributed by atoms with E-state index in [1.165, 1.54) is 18.2 Å². The van der Waals surface area contributed by atoms with Crippen LogP contribution in [0.1, 0.15) is 5.56 Å². The van der Waals surface area contributed by atoms with Crippen molar-refractivity contribution in [2.24, 2.45) is 5.73 Å². The molecule has 13 heavy (non-hydrogen) atoms. The number of benzene rings is 1. The Hall–Kier alpha value is -1.26. The van der Waals surface area contributed by atoms with Gasteiger partial charge in [-0.2, -0.15) is 0 Å². The lowest BCUT2D eigenvalue weighted by Crippen LogP contribution is -2.26. The van der Waals surface area contributed by atoms with E-state index in [9.17, 15) is 5.11 Å². The molecule has 0 heterocycles. The van der Waals surface area contributed by atoms with E-state index in [0.29, 0.717) is 12.0 Å². The van der Waals surface area contributed by atoms with Gasteiger partial charge in [0.25, 0.3) is 0 Å². The van der Waals surface area contributed by atoms with Crippen molar-refractivity contribution in [2.45, 2.75) is 12.5 Å². The maximum Gasteiger partial charge on any atom is 0.119 e. The smallest absolute Gasteiger partial charge is 0.119 e. The van der Waals surface area contributed by atoms with Crippen molar-refractivity contribution in [1.29, 1.82) is 0 Å². The summed E-state index contributed by atoms with van der Waals surface area (Å²) in [6.07, 6.45) is 0.344. The second-order valence-corrected chi connectivity index (χ2v) is 2.96. The number of phenols is 2. The van der Waals surface area contributed by atoms with Gasteiger partial charge in [-0.25, -0.2) is 0 Å². The lowest BCUT2D eigenvalue weighted by molar-refractivity contribution is 0.264. The summed E-state index contributed by atoms with van der Waals surface area (Å²) in [6, 6.07) is 3.82. The standard InChI is InChI=1S/C9H13NO3/c10-7(5-11)3-6-4-8(12)1-2-9(6)13/h1-2,4,7,11-13H,3,5,10H2. The van der Waals surface area contributed by atoms with E-state index in [2.05, 4.69) is 0 Å². The Morgan fingerprint density at radius 2 is 2.00 bits per heavy atom. The Bertz CT molecular complexity index is 288. The van der Waals surface area contributed by atoms with Crippen molar-refractivity contribution in [3.63, 3.8) is 0 Å². The topological polar surface area (TPSA) is 86.7 Å². The third-order valence-electron chi connectivity index (χ3n) is 1.78. The molecule has 72 valence electrons. The largest absolute Gasteiger partial charge is 0.508 e. The molecule has 0 amide bonds. The van der Waals surface area contributed by atoms with Gasteiger partial charge >= 0.3 is 0 Å². The summed E-state index contributed by atoms with van der Waals surface area (Å²) in [4.78, 5) is 0. The maximum atomic E-state index is 9.33. The molecule has 4 nitrogen and oxygen atoms in total. The van der Waals surface area contributed by atoms with E-state index in [1.807, 2.05) is 0 Å². The number of rotatable bonds is 3. The molecule has 0 aliphatic heterocycles. The third kappa shape index (κ3) is 2.61. The SMILES string of the molecule is NC(CO)Cc1cc(O)ccc1O. The van der Waals surface area contributed by atoms with E-state index >= 15 is 0 Å². The fourth-order valence-corrected chi connectivity index (χ4v) is 1.08. The van der Waals surface area contributed by atoms with Gasteiger partial charge < -0.3 is 21.1 Å².